The third kappa shape index (κ3) is 5.47. The second-order valence-electron chi connectivity index (χ2n) is 7.55. The van der Waals surface area contributed by atoms with Gasteiger partial charge in [-0.05, 0) is 78.0 Å². The summed E-state index contributed by atoms with van der Waals surface area (Å²) in [7, 11) is 0. The molecule has 0 saturated carbocycles. The van der Waals surface area contributed by atoms with E-state index in [2.05, 4.69) is 15.5 Å². The van der Waals surface area contributed by atoms with Crippen molar-refractivity contribution < 1.29 is 9.53 Å². The van der Waals surface area contributed by atoms with Gasteiger partial charge in [-0.2, -0.15) is 0 Å². The standard InChI is InChI=1S/C16H31N3O2/c1-15(2,3)21-14(20)18-8-4-10-19-11-6-16(7-12-19)5-9-17-13-16/h17H,4-13H2,1-3H3,(H,18,20). The predicted octanol–water partition coefficient (Wildman–Crippen LogP) is 1.98. The summed E-state index contributed by atoms with van der Waals surface area (Å²) < 4.78 is 5.22. The maximum atomic E-state index is 11.5. The number of ether oxygens (including phenoxy) is 1. The zero-order valence-electron chi connectivity index (χ0n) is 13.8. The minimum Gasteiger partial charge on any atom is -0.444 e. The number of hydrogen-bond donors (Lipinski definition) is 2. The molecule has 0 unspecified atom stereocenters. The third-order valence-corrected chi connectivity index (χ3v) is 4.57. The highest BCUT2D eigenvalue weighted by molar-refractivity contribution is 5.67. The number of rotatable bonds is 4. The number of hydrogen-bond acceptors (Lipinski definition) is 4. The molecule has 122 valence electrons. The Kier molecular flexibility index (Phi) is 5.49. The smallest absolute Gasteiger partial charge is 0.407 e. The van der Waals surface area contributed by atoms with E-state index in [0.717, 1.165) is 13.0 Å². The van der Waals surface area contributed by atoms with Crippen LogP contribution in [-0.2, 0) is 4.74 Å². The third-order valence-electron chi connectivity index (χ3n) is 4.57. The van der Waals surface area contributed by atoms with E-state index in [0.29, 0.717) is 12.0 Å². The molecule has 21 heavy (non-hydrogen) atoms. The molecule has 2 heterocycles. The van der Waals surface area contributed by atoms with Crippen LogP contribution in [0.1, 0.15) is 46.5 Å². The SMILES string of the molecule is CC(C)(C)OC(=O)NCCCN1CCC2(CCNC2)CC1. The van der Waals surface area contributed by atoms with E-state index in [1.165, 1.54) is 45.4 Å². The van der Waals surface area contributed by atoms with E-state index in [1.54, 1.807) is 0 Å². The summed E-state index contributed by atoms with van der Waals surface area (Å²) in [5.41, 5.74) is 0.172. The van der Waals surface area contributed by atoms with E-state index >= 15 is 0 Å². The predicted molar refractivity (Wildman–Crippen MR) is 84.4 cm³/mol. The van der Waals surface area contributed by atoms with Gasteiger partial charge in [0, 0.05) is 13.1 Å². The summed E-state index contributed by atoms with van der Waals surface area (Å²) in [6, 6.07) is 0. The summed E-state index contributed by atoms with van der Waals surface area (Å²) in [5.74, 6) is 0. The Morgan fingerprint density at radius 1 is 1.29 bits per heavy atom. The van der Waals surface area contributed by atoms with Crippen molar-refractivity contribution in [2.75, 3.05) is 39.3 Å². The molecule has 2 aliphatic rings. The molecule has 0 aromatic carbocycles. The van der Waals surface area contributed by atoms with Crippen LogP contribution in [0, 0.1) is 5.41 Å². The number of carbonyl (C=O) groups excluding carboxylic acids is 1. The van der Waals surface area contributed by atoms with Gasteiger partial charge >= 0.3 is 6.09 Å². The molecule has 0 atom stereocenters. The summed E-state index contributed by atoms with van der Waals surface area (Å²) >= 11 is 0. The Morgan fingerprint density at radius 2 is 2.00 bits per heavy atom. The van der Waals surface area contributed by atoms with Crippen molar-refractivity contribution in [2.24, 2.45) is 5.41 Å². The number of likely N-dealkylation sites (tertiary alicyclic amines) is 1. The normalized spacial score (nSPS) is 22.4. The van der Waals surface area contributed by atoms with Gasteiger partial charge in [-0.3, -0.25) is 0 Å². The highest BCUT2D eigenvalue weighted by Gasteiger charge is 2.36. The number of nitrogens with zero attached hydrogens (tertiary/aromatic N) is 1. The van der Waals surface area contributed by atoms with Gasteiger partial charge in [0.15, 0.2) is 0 Å². The second-order valence-corrected chi connectivity index (χ2v) is 7.55. The molecule has 2 N–H and O–H groups in total. The minimum absolute atomic E-state index is 0.308. The second kappa shape index (κ2) is 6.97. The van der Waals surface area contributed by atoms with E-state index < -0.39 is 5.60 Å². The molecule has 2 rings (SSSR count). The van der Waals surface area contributed by atoms with Crippen molar-refractivity contribution in [1.29, 1.82) is 0 Å². The maximum Gasteiger partial charge on any atom is 0.407 e. The number of amides is 1. The fourth-order valence-corrected chi connectivity index (χ4v) is 3.28. The largest absolute Gasteiger partial charge is 0.444 e. The fourth-order valence-electron chi connectivity index (χ4n) is 3.28. The van der Waals surface area contributed by atoms with Gasteiger partial charge in [-0.15, -0.1) is 0 Å². The summed E-state index contributed by atoms with van der Waals surface area (Å²) in [5, 5.41) is 6.33. The van der Waals surface area contributed by atoms with Crippen LogP contribution in [0.25, 0.3) is 0 Å². The Balaban J connectivity index is 1.55. The van der Waals surface area contributed by atoms with Gasteiger partial charge in [0.05, 0.1) is 0 Å². The topological polar surface area (TPSA) is 53.6 Å². The summed E-state index contributed by atoms with van der Waals surface area (Å²) in [4.78, 5) is 14.1. The highest BCUT2D eigenvalue weighted by atomic mass is 16.6. The molecule has 0 radical (unpaired) electrons. The lowest BCUT2D eigenvalue weighted by atomic mass is 9.78. The van der Waals surface area contributed by atoms with Gasteiger partial charge in [0.2, 0.25) is 0 Å². The minimum atomic E-state index is -0.416. The first-order valence-electron chi connectivity index (χ1n) is 8.29. The number of nitrogens with one attached hydrogen (secondary N) is 2. The van der Waals surface area contributed by atoms with Crippen molar-refractivity contribution in [2.45, 2.75) is 52.1 Å². The van der Waals surface area contributed by atoms with E-state index in [4.69, 9.17) is 4.74 Å². The van der Waals surface area contributed by atoms with Crippen molar-refractivity contribution in [1.82, 2.24) is 15.5 Å². The maximum absolute atomic E-state index is 11.5. The molecule has 0 aromatic heterocycles. The molecule has 5 nitrogen and oxygen atoms in total. The molecular weight excluding hydrogens is 266 g/mol. The first-order chi connectivity index (χ1) is 9.89. The Hall–Kier alpha value is -0.810. The lowest BCUT2D eigenvalue weighted by Crippen LogP contribution is -2.42. The van der Waals surface area contributed by atoms with Gasteiger partial charge in [0.1, 0.15) is 5.60 Å². The molecule has 0 aliphatic carbocycles. The van der Waals surface area contributed by atoms with Crippen molar-refractivity contribution >= 4 is 6.09 Å². The Morgan fingerprint density at radius 3 is 2.57 bits per heavy atom. The van der Waals surface area contributed by atoms with Gasteiger partial charge in [-0.25, -0.2) is 4.79 Å². The highest BCUT2D eigenvalue weighted by Crippen LogP contribution is 2.36. The Bertz CT molecular complexity index is 336. The van der Waals surface area contributed by atoms with Gasteiger partial charge < -0.3 is 20.3 Å². The zero-order valence-corrected chi connectivity index (χ0v) is 13.8. The van der Waals surface area contributed by atoms with Crippen LogP contribution in [0.3, 0.4) is 0 Å². The van der Waals surface area contributed by atoms with E-state index in [9.17, 15) is 4.79 Å². The van der Waals surface area contributed by atoms with Crippen LogP contribution in [0.5, 0.6) is 0 Å². The average molecular weight is 297 g/mol. The molecule has 0 aromatic rings. The monoisotopic (exact) mass is 297 g/mol. The van der Waals surface area contributed by atoms with E-state index in [-0.39, 0.29) is 6.09 Å². The summed E-state index contributed by atoms with van der Waals surface area (Å²) in [6.07, 6.45) is 4.67. The van der Waals surface area contributed by atoms with Crippen LogP contribution < -0.4 is 10.6 Å². The fraction of sp³-hybridized carbons (Fsp3) is 0.938. The van der Waals surface area contributed by atoms with Crippen LogP contribution in [0.2, 0.25) is 0 Å². The lowest BCUT2D eigenvalue weighted by molar-refractivity contribution is 0.0523. The number of piperidine rings is 1. The first-order valence-corrected chi connectivity index (χ1v) is 8.29. The average Bonchev–Trinajstić information content (AvgIpc) is 2.83. The zero-order chi connectivity index (χ0) is 15.3. The molecule has 5 heteroatoms. The molecular formula is C16H31N3O2. The molecule has 2 saturated heterocycles. The molecule has 1 amide bonds. The lowest BCUT2D eigenvalue weighted by Gasteiger charge is -2.38. The molecule has 2 fully saturated rings. The molecule has 0 bridgehead atoms. The van der Waals surface area contributed by atoms with E-state index in [1.807, 2.05) is 20.8 Å². The van der Waals surface area contributed by atoms with Crippen molar-refractivity contribution in [3.8, 4) is 0 Å². The van der Waals surface area contributed by atoms with Crippen LogP contribution in [0.4, 0.5) is 4.79 Å². The van der Waals surface area contributed by atoms with Gasteiger partial charge in [0.25, 0.3) is 0 Å². The van der Waals surface area contributed by atoms with Crippen molar-refractivity contribution in [3.05, 3.63) is 0 Å². The summed E-state index contributed by atoms with van der Waals surface area (Å²) in [6.45, 7) is 12.2. The Labute approximate surface area is 128 Å². The van der Waals surface area contributed by atoms with Gasteiger partial charge in [-0.1, -0.05) is 0 Å². The van der Waals surface area contributed by atoms with Crippen LogP contribution in [-0.4, -0.2) is 55.9 Å². The first kappa shape index (κ1) is 16.6. The van der Waals surface area contributed by atoms with Crippen LogP contribution >= 0.6 is 0 Å². The van der Waals surface area contributed by atoms with Crippen LogP contribution in [0.15, 0.2) is 0 Å². The van der Waals surface area contributed by atoms with Crippen molar-refractivity contribution in [3.63, 3.8) is 0 Å². The number of carbonyl (C=O) groups is 1. The quantitative estimate of drug-likeness (QED) is 0.779. The molecule has 1 spiro atoms. The number of alkyl carbamates (subject to hydrolysis) is 1. The molecule has 2 aliphatic heterocycles.